The fourth-order valence-corrected chi connectivity index (χ4v) is 4.11. The summed E-state index contributed by atoms with van der Waals surface area (Å²) in [5.74, 6) is 5.48. The van der Waals surface area contributed by atoms with Gasteiger partial charge in [-0.25, -0.2) is 9.82 Å². The van der Waals surface area contributed by atoms with Crippen molar-refractivity contribution in [3.05, 3.63) is 56.5 Å². The van der Waals surface area contributed by atoms with Gasteiger partial charge in [0.2, 0.25) is 0 Å². The number of hydrazine groups is 1. The van der Waals surface area contributed by atoms with Crippen molar-refractivity contribution in [2.45, 2.75) is 32.2 Å². The van der Waals surface area contributed by atoms with E-state index in [1.807, 2.05) is 13.0 Å². The highest BCUT2D eigenvalue weighted by Crippen LogP contribution is 2.36. The number of aryl methyl sites for hydroxylation is 3. The number of hydrogen-bond donors (Lipinski definition) is 2. The maximum absolute atomic E-state index is 13.5. The van der Waals surface area contributed by atoms with E-state index >= 15 is 0 Å². The SMILES string of the molecule is Cc1cc(F)cc(C(NN)c2cc3c(s2)CCC3)c1. The van der Waals surface area contributed by atoms with Gasteiger partial charge in [0.1, 0.15) is 5.82 Å². The van der Waals surface area contributed by atoms with Crippen molar-refractivity contribution < 1.29 is 4.39 Å². The van der Waals surface area contributed by atoms with E-state index < -0.39 is 0 Å². The summed E-state index contributed by atoms with van der Waals surface area (Å²) in [7, 11) is 0. The van der Waals surface area contributed by atoms with Crippen LogP contribution < -0.4 is 11.3 Å². The Labute approximate surface area is 116 Å². The Balaban J connectivity index is 1.99. The van der Waals surface area contributed by atoms with Crippen LogP contribution in [0.25, 0.3) is 0 Å². The quantitative estimate of drug-likeness (QED) is 0.667. The van der Waals surface area contributed by atoms with Crippen LogP contribution in [0, 0.1) is 12.7 Å². The second kappa shape index (κ2) is 5.04. The van der Waals surface area contributed by atoms with Gasteiger partial charge in [-0.15, -0.1) is 11.3 Å². The molecule has 1 heterocycles. The van der Waals surface area contributed by atoms with Crippen LogP contribution in [-0.4, -0.2) is 0 Å². The van der Waals surface area contributed by atoms with Gasteiger partial charge in [0, 0.05) is 9.75 Å². The topological polar surface area (TPSA) is 38.0 Å². The van der Waals surface area contributed by atoms with Gasteiger partial charge < -0.3 is 0 Å². The second-order valence-electron chi connectivity index (χ2n) is 5.11. The van der Waals surface area contributed by atoms with Crippen molar-refractivity contribution >= 4 is 11.3 Å². The normalized spacial score (nSPS) is 15.5. The second-order valence-corrected chi connectivity index (χ2v) is 6.28. The molecule has 0 amide bonds. The maximum Gasteiger partial charge on any atom is 0.123 e. The Morgan fingerprint density at radius 2 is 2.11 bits per heavy atom. The van der Waals surface area contributed by atoms with Crippen LogP contribution in [0.15, 0.2) is 24.3 Å². The van der Waals surface area contributed by atoms with Crippen molar-refractivity contribution in [1.29, 1.82) is 0 Å². The van der Waals surface area contributed by atoms with Crippen LogP contribution in [0.1, 0.15) is 38.9 Å². The van der Waals surface area contributed by atoms with Crippen molar-refractivity contribution in [3.63, 3.8) is 0 Å². The summed E-state index contributed by atoms with van der Waals surface area (Å²) in [6.45, 7) is 1.90. The van der Waals surface area contributed by atoms with E-state index in [2.05, 4.69) is 11.5 Å². The maximum atomic E-state index is 13.5. The minimum atomic E-state index is -0.209. The highest BCUT2D eigenvalue weighted by molar-refractivity contribution is 7.12. The molecule has 3 N–H and O–H groups in total. The van der Waals surface area contributed by atoms with Gasteiger partial charge in [-0.3, -0.25) is 5.84 Å². The number of hydrogen-bond acceptors (Lipinski definition) is 3. The molecule has 0 fully saturated rings. The van der Waals surface area contributed by atoms with Gasteiger partial charge in [0.15, 0.2) is 0 Å². The number of nitrogens with two attached hydrogens (primary N) is 1. The van der Waals surface area contributed by atoms with Gasteiger partial charge in [0.25, 0.3) is 0 Å². The molecule has 1 atom stereocenters. The summed E-state index contributed by atoms with van der Waals surface area (Å²) < 4.78 is 13.5. The summed E-state index contributed by atoms with van der Waals surface area (Å²) >= 11 is 1.80. The van der Waals surface area contributed by atoms with Crippen molar-refractivity contribution in [2.75, 3.05) is 0 Å². The fraction of sp³-hybridized carbons (Fsp3) is 0.333. The third kappa shape index (κ3) is 2.43. The highest BCUT2D eigenvalue weighted by Gasteiger charge is 2.21. The molecule has 2 nitrogen and oxygen atoms in total. The van der Waals surface area contributed by atoms with Crippen LogP contribution >= 0.6 is 11.3 Å². The molecule has 19 heavy (non-hydrogen) atoms. The molecule has 3 rings (SSSR count). The van der Waals surface area contributed by atoms with Crippen LogP contribution in [-0.2, 0) is 12.8 Å². The highest BCUT2D eigenvalue weighted by atomic mass is 32.1. The molecule has 1 aromatic carbocycles. The van der Waals surface area contributed by atoms with Crippen LogP contribution in [0.2, 0.25) is 0 Å². The molecule has 100 valence electrons. The Morgan fingerprint density at radius 1 is 1.26 bits per heavy atom. The van der Waals surface area contributed by atoms with E-state index in [0.29, 0.717) is 0 Å². The zero-order valence-electron chi connectivity index (χ0n) is 10.9. The predicted molar refractivity (Wildman–Crippen MR) is 76.6 cm³/mol. The van der Waals surface area contributed by atoms with E-state index in [0.717, 1.165) is 17.5 Å². The van der Waals surface area contributed by atoms with Gasteiger partial charge in [-0.1, -0.05) is 6.07 Å². The Kier molecular flexibility index (Phi) is 3.39. The smallest absolute Gasteiger partial charge is 0.123 e. The molecule has 0 spiro atoms. The molecule has 2 aromatic rings. The Hall–Kier alpha value is -1.23. The summed E-state index contributed by atoms with van der Waals surface area (Å²) in [5, 5.41) is 0. The average molecular weight is 276 g/mol. The Bertz CT molecular complexity index is 564. The average Bonchev–Trinajstić information content (AvgIpc) is 2.89. The molecule has 4 heteroatoms. The number of fused-ring (bicyclic) bond motifs is 1. The first-order valence-electron chi connectivity index (χ1n) is 6.52. The number of halogens is 1. The summed E-state index contributed by atoms with van der Waals surface area (Å²) in [4.78, 5) is 2.64. The zero-order chi connectivity index (χ0) is 13.4. The summed E-state index contributed by atoms with van der Waals surface area (Å²) in [5.41, 5.74) is 6.06. The van der Waals surface area contributed by atoms with E-state index in [4.69, 9.17) is 5.84 Å². The van der Waals surface area contributed by atoms with Gasteiger partial charge in [0.05, 0.1) is 6.04 Å². The molecule has 0 bridgehead atoms. The van der Waals surface area contributed by atoms with Crippen molar-refractivity contribution in [1.82, 2.24) is 5.43 Å². The van der Waals surface area contributed by atoms with Crippen molar-refractivity contribution in [3.8, 4) is 0 Å². The first-order valence-corrected chi connectivity index (χ1v) is 7.33. The monoisotopic (exact) mass is 276 g/mol. The third-order valence-corrected chi connectivity index (χ3v) is 4.92. The molecule has 1 aliphatic rings. The van der Waals surface area contributed by atoms with Gasteiger partial charge >= 0.3 is 0 Å². The summed E-state index contributed by atoms with van der Waals surface area (Å²) in [6, 6.07) is 7.18. The lowest BCUT2D eigenvalue weighted by molar-refractivity contribution is 0.607. The van der Waals surface area contributed by atoms with Crippen LogP contribution in [0.4, 0.5) is 4.39 Å². The third-order valence-electron chi connectivity index (χ3n) is 3.61. The summed E-state index contributed by atoms with van der Waals surface area (Å²) in [6.07, 6.45) is 3.58. The first kappa shape index (κ1) is 12.8. The molecule has 1 unspecified atom stereocenters. The lowest BCUT2D eigenvalue weighted by atomic mass is 10.0. The van der Waals surface area contributed by atoms with E-state index in [1.54, 1.807) is 17.4 Å². The molecule has 0 saturated heterocycles. The first-order chi connectivity index (χ1) is 9.17. The molecular formula is C15H17FN2S. The van der Waals surface area contributed by atoms with Crippen molar-refractivity contribution in [2.24, 2.45) is 5.84 Å². The van der Waals surface area contributed by atoms with Gasteiger partial charge in [-0.2, -0.15) is 0 Å². The van der Waals surface area contributed by atoms with E-state index in [9.17, 15) is 4.39 Å². The number of benzene rings is 1. The lowest BCUT2D eigenvalue weighted by Crippen LogP contribution is -2.28. The standard InChI is InChI=1S/C15H17FN2S/c1-9-5-11(7-12(16)6-9)15(18-17)14-8-10-3-2-4-13(10)19-14/h5-8,15,18H,2-4,17H2,1H3. The number of nitrogens with one attached hydrogen (secondary N) is 1. The minimum Gasteiger partial charge on any atom is -0.271 e. The molecule has 1 aliphatic carbocycles. The predicted octanol–water partition coefficient (Wildman–Crippen LogP) is 3.24. The van der Waals surface area contributed by atoms with E-state index in [1.165, 1.54) is 34.2 Å². The molecule has 0 radical (unpaired) electrons. The number of thiophene rings is 1. The molecule has 0 aliphatic heterocycles. The largest absolute Gasteiger partial charge is 0.271 e. The molecular weight excluding hydrogens is 259 g/mol. The van der Waals surface area contributed by atoms with Crippen LogP contribution in [0.5, 0.6) is 0 Å². The van der Waals surface area contributed by atoms with E-state index in [-0.39, 0.29) is 11.9 Å². The number of rotatable bonds is 3. The molecule has 1 aromatic heterocycles. The molecule has 0 saturated carbocycles. The fourth-order valence-electron chi connectivity index (χ4n) is 2.77. The zero-order valence-corrected chi connectivity index (χ0v) is 11.7. The van der Waals surface area contributed by atoms with Gasteiger partial charge in [-0.05, 0) is 61.1 Å². The van der Waals surface area contributed by atoms with Crippen LogP contribution in [0.3, 0.4) is 0 Å². The Morgan fingerprint density at radius 3 is 2.79 bits per heavy atom. The minimum absolute atomic E-state index is 0.120. The lowest BCUT2D eigenvalue weighted by Gasteiger charge is -2.15.